The van der Waals surface area contributed by atoms with Crippen molar-refractivity contribution in [3.8, 4) is 22.3 Å². The van der Waals surface area contributed by atoms with E-state index in [1.165, 1.54) is 18.5 Å². The zero-order valence-electron chi connectivity index (χ0n) is 13.0. The number of aromatic nitrogens is 2. The molecule has 0 amide bonds. The van der Waals surface area contributed by atoms with Crippen LogP contribution in [0.2, 0.25) is 0 Å². The normalized spacial score (nSPS) is 12.1. The summed E-state index contributed by atoms with van der Waals surface area (Å²) in [6, 6.07) is 12.0. The Morgan fingerprint density at radius 2 is 1.80 bits per heavy atom. The van der Waals surface area contributed by atoms with Crippen LogP contribution in [0.5, 0.6) is 0 Å². The molecule has 2 aromatic carbocycles. The standard InChI is InChI=1S/C17H15FN4O2S/c18-16-7-11(5-6-15(16)13-8-20-17(19)21-9-13)14-4-2-1-3-12(14)10-22-25(23)24/h1-9,22H,10H2,(H,23,24)(H2,19,20,21)/p-1. The number of halogens is 1. The van der Waals surface area contributed by atoms with Crippen LogP contribution in [0.25, 0.3) is 22.3 Å². The van der Waals surface area contributed by atoms with E-state index in [2.05, 4.69) is 14.7 Å². The van der Waals surface area contributed by atoms with Gasteiger partial charge in [0.15, 0.2) is 0 Å². The Labute approximate surface area is 146 Å². The Kier molecular flexibility index (Phi) is 5.13. The monoisotopic (exact) mass is 357 g/mol. The number of anilines is 1. The smallest absolute Gasteiger partial charge is 0.219 e. The van der Waals surface area contributed by atoms with Gasteiger partial charge in [0.2, 0.25) is 5.95 Å². The lowest BCUT2D eigenvalue weighted by molar-refractivity contribution is 0.522. The van der Waals surface area contributed by atoms with Gasteiger partial charge in [0.1, 0.15) is 5.82 Å². The summed E-state index contributed by atoms with van der Waals surface area (Å²) in [7, 11) is 0. The van der Waals surface area contributed by atoms with Crippen molar-refractivity contribution >= 4 is 17.2 Å². The Balaban J connectivity index is 1.96. The fourth-order valence-corrected chi connectivity index (χ4v) is 2.76. The van der Waals surface area contributed by atoms with Gasteiger partial charge in [0, 0.05) is 41.3 Å². The fraction of sp³-hybridized carbons (Fsp3) is 0.0588. The van der Waals surface area contributed by atoms with Crippen molar-refractivity contribution < 1.29 is 13.2 Å². The Hall–Kier alpha value is -2.68. The summed E-state index contributed by atoms with van der Waals surface area (Å²) in [6.45, 7) is 0.126. The van der Waals surface area contributed by atoms with Gasteiger partial charge in [0.05, 0.1) is 0 Å². The summed E-state index contributed by atoms with van der Waals surface area (Å²) in [6.07, 6.45) is 2.92. The minimum atomic E-state index is -2.36. The van der Waals surface area contributed by atoms with E-state index in [1.807, 2.05) is 12.1 Å². The molecule has 3 aromatic rings. The van der Waals surface area contributed by atoms with Crippen LogP contribution in [0.1, 0.15) is 5.56 Å². The van der Waals surface area contributed by atoms with Crippen LogP contribution in [0.4, 0.5) is 10.3 Å². The minimum absolute atomic E-state index is 0.123. The van der Waals surface area contributed by atoms with Gasteiger partial charge in [0.25, 0.3) is 0 Å². The molecule has 0 radical (unpaired) electrons. The molecule has 0 fully saturated rings. The third kappa shape index (κ3) is 4.05. The lowest BCUT2D eigenvalue weighted by Gasteiger charge is -2.13. The molecule has 1 aromatic heterocycles. The summed E-state index contributed by atoms with van der Waals surface area (Å²) >= 11 is -2.36. The van der Waals surface area contributed by atoms with Crippen molar-refractivity contribution in [3.05, 3.63) is 66.2 Å². The predicted molar refractivity (Wildman–Crippen MR) is 93.0 cm³/mol. The second-order valence-electron chi connectivity index (χ2n) is 5.24. The maximum atomic E-state index is 14.6. The zero-order chi connectivity index (χ0) is 17.8. The highest BCUT2D eigenvalue weighted by Crippen LogP contribution is 2.29. The van der Waals surface area contributed by atoms with Crippen LogP contribution < -0.4 is 10.5 Å². The van der Waals surface area contributed by atoms with Crippen molar-refractivity contribution in [2.75, 3.05) is 5.73 Å². The first-order chi connectivity index (χ1) is 12.0. The maximum Gasteiger partial charge on any atom is 0.219 e. The number of nitrogens with two attached hydrogens (primary N) is 1. The van der Waals surface area contributed by atoms with Crippen LogP contribution in [0.3, 0.4) is 0 Å². The molecular weight excluding hydrogens is 343 g/mol. The molecule has 128 valence electrons. The number of benzene rings is 2. The van der Waals surface area contributed by atoms with Gasteiger partial charge >= 0.3 is 0 Å². The summed E-state index contributed by atoms with van der Waals surface area (Å²) in [4.78, 5) is 7.73. The first-order valence-corrected chi connectivity index (χ1v) is 8.40. The number of hydrogen-bond acceptors (Lipinski definition) is 5. The summed E-state index contributed by atoms with van der Waals surface area (Å²) in [5.74, 6) is -0.306. The minimum Gasteiger partial charge on any atom is -0.760 e. The van der Waals surface area contributed by atoms with E-state index in [1.54, 1.807) is 24.3 Å². The molecule has 0 aliphatic rings. The van der Waals surface area contributed by atoms with Crippen LogP contribution in [-0.4, -0.2) is 18.7 Å². The van der Waals surface area contributed by atoms with Gasteiger partial charge in [-0.15, -0.1) is 0 Å². The number of nitrogens with zero attached hydrogens (tertiary/aromatic N) is 2. The van der Waals surface area contributed by atoms with E-state index in [0.717, 1.165) is 11.1 Å². The van der Waals surface area contributed by atoms with Gasteiger partial charge in [-0.25, -0.2) is 19.1 Å². The second-order valence-corrected chi connectivity index (χ2v) is 6.00. The van der Waals surface area contributed by atoms with Crippen molar-refractivity contribution in [1.29, 1.82) is 0 Å². The number of hydrogen-bond donors (Lipinski definition) is 2. The van der Waals surface area contributed by atoms with Gasteiger partial charge in [-0.05, 0) is 22.8 Å². The number of nitrogen functional groups attached to an aromatic ring is 1. The van der Waals surface area contributed by atoms with Gasteiger partial charge in [-0.2, -0.15) is 0 Å². The first kappa shape index (κ1) is 17.2. The molecular formula is C17H14FN4O2S-. The molecule has 0 spiro atoms. The van der Waals surface area contributed by atoms with Crippen LogP contribution in [0.15, 0.2) is 54.9 Å². The van der Waals surface area contributed by atoms with E-state index in [4.69, 9.17) is 5.73 Å². The lowest BCUT2D eigenvalue weighted by Crippen LogP contribution is -2.16. The largest absolute Gasteiger partial charge is 0.760 e. The second kappa shape index (κ2) is 7.47. The average Bonchev–Trinajstić information content (AvgIpc) is 2.61. The zero-order valence-corrected chi connectivity index (χ0v) is 13.8. The van der Waals surface area contributed by atoms with E-state index in [0.29, 0.717) is 16.7 Å². The Morgan fingerprint density at radius 3 is 2.48 bits per heavy atom. The van der Waals surface area contributed by atoms with Crippen molar-refractivity contribution in [1.82, 2.24) is 14.7 Å². The molecule has 0 bridgehead atoms. The summed E-state index contributed by atoms with van der Waals surface area (Å²) < 4.78 is 38.3. The molecule has 3 rings (SSSR count). The van der Waals surface area contributed by atoms with Crippen molar-refractivity contribution in [2.24, 2.45) is 0 Å². The number of nitrogens with one attached hydrogen (secondary N) is 1. The van der Waals surface area contributed by atoms with Crippen molar-refractivity contribution in [2.45, 2.75) is 6.54 Å². The average molecular weight is 357 g/mol. The van der Waals surface area contributed by atoms with Crippen LogP contribution in [-0.2, 0) is 17.8 Å². The van der Waals surface area contributed by atoms with Gasteiger partial charge in [-0.1, -0.05) is 36.4 Å². The Bertz CT molecular complexity index is 919. The quantitative estimate of drug-likeness (QED) is 0.683. The molecule has 0 saturated heterocycles. The molecule has 0 saturated carbocycles. The molecule has 1 heterocycles. The predicted octanol–water partition coefficient (Wildman–Crippen LogP) is 2.42. The van der Waals surface area contributed by atoms with E-state index in [-0.39, 0.29) is 12.5 Å². The van der Waals surface area contributed by atoms with E-state index >= 15 is 0 Å². The highest BCUT2D eigenvalue weighted by Gasteiger charge is 2.10. The SMILES string of the molecule is Nc1ncc(-c2ccc(-c3ccccc3CNS(=O)[O-])cc2F)cn1. The fourth-order valence-electron chi connectivity index (χ4n) is 2.49. The molecule has 25 heavy (non-hydrogen) atoms. The van der Waals surface area contributed by atoms with Crippen molar-refractivity contribution in [3.63, 3.8) is 0 Å². The number of rotatable bonds is 5. The molecule has 3 N–H and O–H groups in total. The molecule has 8 heteroatoms. The van der Waals surface area contributed by atoms with E-state index < -0.39 is 17.1 Å². The molecule has 0 aliphatic heterocycles. The third-order valence-electron chi connectivity index (χ3n) is 3.66. The first-order valence-electron chi connectivity index (χ1n) is 7.33. The molecule has 6 nitrogen and oxygen atoms in total. The van der Waals surface area contributed by atoms with E-state index in [9.17, 15) is 13.2 Å². The molecule has 1 atom stereocenters. The Morgan fingerprint density at radius 1 is 1.08 bits per heavy atom. The third-order valence-corrected chi connectivity index (χ3v) is 4.04. The highest BCUT2D eigenvalue weighted by atomic mass is 32.2. The van der Waals surface area contributed by atoms with Crippen LogP contribution in [0, 0.1) is 5.82 Å². The van der Waals surface area contributed by atoms with Crippen LogP contribution >= 0.6 is 0 Å². The molecule has 1 unspecified atom stereocenters. The topological polar surface area (TPSA) is 104 Å². The summed E-state index contributed by atoms with van der Waals surface area (Å²) in [5, 5.41) is 0. The maximum absolute atomic E-state index is 14.6. The highest BCUT2D eigenvalue weighted by molar-refractivity contribution is 7.77. The molecule has 0 aliphatic carbocycles. The lowest BCUT2D eigenvalue weighted by atomic mass is 9.97. The van der Waals surface area contributed by atoms with Gasteiger partial charge in [-0.3, -0.25) is 4.21 Å². The summed E-state index contributed by atoms with van der Waals surface area (Å²) in [5.41, 5.74) is 8.47. The van der Waals surface area contributed by atoms with Gasteiger partial charge < -0.3 is 10.3 Å².